The number of para-hydroxylation sites is 1. The molecule has 0 saturated carbocycles. The maximum Gasteiger partial charge on any atom is 0.310 e. The van der Waals surface area contributed by atoms with Gasteiger partial charge in [0.1, 0.15) is 0 Å². The Bertz CT molecular complexity index is 1110. The number of halogens is 1. The van der Waals surface area contributed by atoms with Crippen LogP contribution in [0.4, 0.5) is 10.1 Å². The molecule has 32 heavy (non-hydrogen) atoms. The van der Waals surface area contributed by atoms with Crippen molar-refractivity contribution in [2.45, 2.75) is 32.7 Å². The van der Waals surface area contributed by atoms with E-state index in [9.17, 15) is 19.1 Å². The summed E-state index contributed by atoms with van der Waals surface area (Å²) in [4.78, 5) is 26.7. The fraction of sp³-hybridized carbons (Fsp3) is 0.231. The third-order valence-corrected chi connectivity index (χ3v) is 5.54. The molecule has 166 valence electrons. The molecule has 0 aliphatic carbocycles. The maximum absolute atomic E-state index is 13.9. The second-order valence-electron chi connectivity index (χ2n) is 7.47. The average Bonchev–Trinajstić information content (AvgIpc) is 2.82. The number of benzene rings is 3. The first-order valence-corrected chi connectivity index (χ1v) is 10.4. The van der Waals surface area contributed by atoms with E-state index in [4.69, 9.17) is 4.74 Å². The lowest BCUT2D eigenvalue weighted by atomic mass is 9.90. The van der Waals surface area contributed by atoms with E-state index in [1.165, 1.54) is 25.3 Å². The van der Waals surface area contributed by atoms with E-state index in [1.807, 2.05) is 55.5 Å². The first-order valence-electron chi connectivity index (χ1n) is 10.4. The summed E-state index contributed by atoms with van der Waals surface area (Å²) in [5, 5.41) is 9.51. The second kappa shape index (κ2) is 10.1. The van der Waals surface area contributed by atoms with E-state index < -0.39 is 17.7 Å². The summed E-state index contributed by atoms with van der Waals surface area (Å²) >= 11 is 0. The van der Waals surface area contributed by atoms with Gasteiger partial charge in [0.05, 0.1) is 19.6 Å². The zero-order valence-corrected chi connectivity index (χ0v) is 18.3. The molecule has 0 aliphatic heterocycles. The molecular formula is C26H26FNO4. The number of carboxylic acid groups (broad SMARTS) is 1. The Morgan fingerprint density at radius 1 is 1.06 bits per heavy atom. The highest BCUT2D eigenvalue weighted by molar-refractivity contribution is 6.06. The van der Waals surface area contributed by atoms with E-state index in [2.05, 4.69) is 0 Å². The van der Waals surface area contributed by atoms with Gasteiger partial charge in [0.25, 0.3) is 5.91 Å². The molecule has 5 nitrogen and oxygen atoms in total. The van der Waals surface area contributed by atoms with Crippen molar-refractivity contribution in [2.24, 2.45) is 0 Å². The fourth-order valence-electron chi connectivity index (χ4n) is 3.78. The van der Waals surface area contributed by atoms with Crippen molar-refractivity contribution in [2.75, 3.05) is 12.0 Å². The summed E-state index contributed by atoms with van der Waals surface area (Å²) in [6.45, 7) is 3.87. The highest BCUT2D eigenvalue weighted by Gasteiger charge is 2.23. The van der Waals surface area contributed by atoms with Gasteiger partial charge in [-0.05, 0) is 60.4 Å². The Balaban J connectivity index is 2.07. The van der Waals surface area contributed by atoms with E-state index in [1.54, 1.807) is 11.8 Å². The van der Waals surface area contributed by atoms with Crippen molar-refractivity contribution in [1.82, 2.24) is 0 Å². The van der Waals surface area contributed by atoms with Gasteiger partial charge in [0, 0.05) is 11.3 Å². The van der Waals surface area contributed by atoms with Gasteiger partial charge in [-0.1, -0.05) is 43.3 Å². The molecule has 0 fully saturated rings. The number of carboxylic acids is 1. The number of amides is 1. The van der Waals surface area contributed by atoms with Crippen LogP contribution in [-0.4, -0.2) is 24.1 Å². The van der Waals surface area contributed by atoms with Crippen LogP contribution in [0.5, 0.6) is 5.75 Å². The van der Waals surface area contributed by atoms with E-state index >= 15 is 0 Å². The van der Waals surface area contributed by atoms with Crippen LogP contribution in [0.1, 0.15) is 46.8 Å². The minimum Gasteiger partial charge on any atom is -0.494 e. The van der Waals surface area contributed by atoms with Gasteiger partial charge in [-0.15, -0.1) is 0 Å². The molecule has 1 N–H and O–H groups in total. The third-order valence-electron chi connectivity index (χ3n) is 5.54. The first kappa shape index (κ1) is 23.0. The lowest BCUT2D eigenvalue weighted by Crippen LogP contribution is -2.31. The number of hydrogen-bond acceptors (Lipinski definition) is 3. The average molecular weight is 435 g/mol. The number of carbonyl (C=O) groups excluding carboxylic acids is 1. The number of carbonyl (C=O) groups is 2. The van der Waals surface area contributed by atoms with Crippen molar-refractivity contribution in [3.8, 4) is 5.75 Å². The van der Waals surface area contributed by atoms with Crippen LogP contribution in [0.25, 0.3) is 0 Å². The Labute approximate surface area is 187 Å². The highest BCUT2D eigenvalue weighted by Crippen LogP contribution is 2.28. The summed E-state index contributed by atoms with van der Waals surface area (Å²) in [6, 6.07) is 18.8. The summed E-state index contributed by atoms with van der Waals surface area (Å²) in [5.74, 6) is -2.42. The number of hydrogen-bond donors (Lipinski definition) is 1. The zero-order chi connectivity index (χ0) is 23.3. The molecule has 0 spiro atoms. The number of methoxy groups -OCH3 is 1. The summed E-state index contributed by atoms with van der Waals surface area (Å²) in [7, 11) is 1.35. The highest BCUT2D eigenvalue weighted by atomic mass is 19.1. The molecule has 6 heteroatoms. The minimum absolute atomic E-state index is 0.00427. The Morgan fingerprint density at radius 2 is 1.78 bits per heavy atom. The number of anilines is 1. The van der Waals surface area contributed by atoms with Gasteiger partial charge in [-0.25, -0.2) is 4.39 Å². The predicted molar refractivity (Wildman–Crippen MR) is 122 cm³/mol. The smallest absolute Gasteiger partial charge is 0.310 e. The molecule has 0 aromatic heterocycles. The third kappa shape index (κ3) is 4.80. The van der Waals surface area contributed by atoms with Crippen LogP contribution in [0.15, 0.2) is 66.7 Å². The molecule has 0 aliphatic rings. The molecule has 1 unspecified atom stereocenters. The van der Waals surface area contributed by atoms with Gasteiger partial charge in [0.2, 0.25) is 0 Å². The molecule has 3 aromatic rings. The minimum atomic E-state index is -0.897. The van der Waals surface area contributed by atoms with Crippen LogP contribution in [-0.2, 0) is 17.8 Å². The molecule has 0 heterocycles. The standard InChI is InChI=1S/C26H26FNO4/c1-4-21-19(9-8-12-22(21)17(2)26(30)31)16-28(20-10-6-5-7-11-20)25(29)18-13-14-23(27)24(15-18)32-3/h5-15,17H,4,16H2,1-3H3,(H,30,31). The van der Waals surface area contributed by atoms with Gasteiger partial charge in [-0.2, -0.15) is 0 Å². The topological polar surface area (TPSA) is 66.8 Å². The first-order chi connectivity index (χ1) is 15.4. The SMILES string of the molecule is CCc1c(CN(C(=O)c2ccc(F)c(OC)c2)c2ccccc2)cccc1C(C)C(=O)O. The number of aliphatic carboxylic acids is 1. The van der Waals surface area contributed by atoms with Gasteiger partial charge < -0.3 is 14.7 Å². The molecule has 3 rings (SSSR count). The van der Waals surface area contributed by atoms with Crippen molar-refractivity contribution < 1.29 is 23.8 Å². The van der Waals surface area contributed by atoms with Crippen molar-refractivity contribution >= 4 is 17.6 Å². The Hall–Kier alpha value is -3.67. The molecule has 1 amide bonds. The van der Waals surface area contributed by atoms with Gasteiger partial charge in [-0.3, -0.25) is 9.59 Å². The summed E-state index contributed by atoms with van der Waals surface area (Å²) < 4.78 is 18.9. The largest absolute Gasteiger partial charge is 0.494 e. The molecule has 0 bridgehead atoms. The monoisotopic (exact) mass is 435 g/mol. The maximum atomic E-state index is 13.9. The van der Waals surface area contributed by atoms with Crippen molar-refractivity contribution in [1.29, 1.82) is 0 Å². The van der Waals surface area contributed by atoms with Crippen LogP contribution >= 0.6 is 0 Å². The van der Waals surface area contributed by atoms with Crippen LogP contribution in [0.3, 0.4) is 0 Å². The number of rotatable bonds is 8. The van der Waals surface area contributed by atoms with Gasteiger partial charge in [0.15, 0.2) is 11.6 Å². The molecular weight excluding hydrogens is 409 g/mol. The molecule has 0 saturated heterocycles. The Kier molecular flexibility index (Phi) is 7.25. The van der Waals surface area contributed by atoms with Crippen molar-refractivity contribution in [3.63, 3.8) is 0 Å². The molecule has 0 radical (unpaired) electrons. The van der Waals surface area contributed by atoms with Crippen molar-refractivity contribution in [3.05, 3.63) is 94.8 Å². The molecule has 1 atom stereocenters. The van der Waals surface area contributed by atoms with Crippen LogP contribution < -0.4 is 9.64 Å². The number of ether oxygens (including phenoxy) is 1. The zero-order valence-electron chi connectivity index (χ0n) is 18.3. The summed E-state index contributed by atoms with van der Waals surface area (Å²) in [5.41, 5.74) is 3.48. The fourth-order valence-corrected chi connectivity index (χ4v) is 3.78. The van der Waals surface area contributed by atoms with E-state index in [0.29, 0.717) is 17.7 Å². The van der Waals surface area contributed by atoms with E-state index in [-0.39, 0.29) is 18.2 Å². The van der Waals surface area contributed by atoms with Gasteiger partial charge >= 0.3 is 5.97 Å². The lowest BCUT2D eigenvalue weighted by molar-refractivity contribution is -0.138. The second-order valence-corrected chi connectivity index (χ2v) is 7.47. The Morgan fingerprint density at radius 3 is 2.41 bits per heavy atom. The van der Waals surface area contributed by atoms with E-state index in [0.717, 1.165) is 16.7 Å². The summed E-state index contributed by atoms with van der Waals surface area (Å²) in [6.07, 6.45) is 0.629. The number of nitrogens with zero attached hydrogens (tertiary/aromatic N) is 1. The normalized spacial score (nSPS) is 11.6. The lowest BCUT2D eigenvalue weighted by Gasteiger charge is -2.26. The quantitative estimate of drug-likeness (QED) is 0.512. The van der Waals surface area contributed by atoms with Crippen LogP contribution in [0, 0.1) is 5.82 Å². The molecule has 3 aromatic carbocycles. The predicted octanol–water partition coefficient (Wildman–Crippen LogP) is 5.43. The van der Waals surface area contributed by atoms with Crippen LogP contribution in [0.2, 0.25) is 0 Å².